The van der Waals surface area contributed by atoms with Crippen LogP contribution in [-0.4, -0.2) is 48.1 Å². The molecule has 2 rings (SSSR count). The summed E-state index contributed by atoms with van der Waals surface area (Å²) in [7, 11) is 0. The molecule has 8 heteroatoms. The highest BCUT2D eigenvalue weighted by molar-refractivity contribution is 9.10. The van der Waals surface area contributed by atoms with Gasteiger partial charge in [-0.2, -0.15) is 0 Å². The number of carboxylic acids is 1. The number of amides is 1. The molecule has 27 heavy (non-hydrogen) atoms. The van der Waals surface area contributed by atoms with Crippen LogP contribution in [0, 0.1) is 0 Å². The van der Waals surface area contributed by atoms with Crippen LogP contribution in [0.5, 0.6) is 5.75 Å². The Morgan fingerprint density at radius 3 is 2.48 bits per heavy atom. The van der Waals surface area contributed by atoms with Crippen molar-refractivity contribution in [2.45, 2.75) is 34.1 Å². The molecular weight excluding hydrogens is 432 g/mol. The third-order valence-corrected chi connectivity index (χ3v) is 6.08. The molecule has 0 aliphatic rings. The summed E-state index contributed by atoms with van der Waals surface area (Å²) in [6.45, 7) is 10.7. The zero-order chi connectivity index (χ0) is 20.1. The molecule has 2 N–H and O–H groups in total. The van der Waals surface area contributed by atoms with E-state index in [0.717, 1.165) is 34.4 Å². The van der Waals surface area contributed by atoms with E-state index in [1.807, 2.05) is 13.0 Å². The Balaban J connectivity index is 2.55. The molecule has 0 bridgehead atoms. The van der Waals surface area contributed by atoms with Crippen molar-refractivity contribution in [2.75, 3.05) is 31.6 Å². The van der Waals surface area contributed by atoms with Crippen molar-refractivity contribution in [3.63, 3.8) is 0 Å². The molecular formula is C19H25BrN2O4S. The van der Waals surface area contributed by atoms with Crippen LogP contribution in [0.25, 0.3) is 10.1 Å². The van der Waals surface area contributed by atoms with Crippen molar-refractivity contribution in [2.24, 2.45) is 0 Å². The molecule has 1 heterocycles. The average Bonchev–Trinajstić information content (AvgIpc) is 2.98. The summed E-state index contributed by atoms with van der Waals surface area (Å²) < 4.78 is 7.58. The lowest BCUT2D eigenvalue weighted by Crippen LogP contribution is -2.27. The lowest BCUT2D eigenvalue weighted by Gasteiger charge is -2.19. The fraction of sp³-hybridized carbons (Fsp3) is 0.474. The molecule has 0 unspecified atom stereocenters. The third-order valence-electron chi connectivity index (χ3n) is 4.39. The van der Waals surface area contributed by atoms with Gasteiger partial charge in [-0.05, 0) is 47.1 Å². The number of carbonyl (C=O) groups is 2. The number of rotatable bonds is 9. The van der Waals surface area contributed by atoms with Gasteiger partial charge in [-0.1, -0.05) is 20.8 Å². The van der Waals surface area contributed by atoms with E-state index in [1.165, 1.54) is 18.3 Å². The summed E-state index contributed by atoms with van der Waals surface area (Å²) >= 11 is 4.81. The Bertz CT molecular complexity index is 846. The lowest BCUT2D eigenvalue weighted by atomic mass is 10.0. The molecule has 1 amide bonds. The van der Waals surface area contributed by atoms with Gasteiger partial charge >= 0.3 is 5.97 Å². The van der Waals surface area contributed by atoms with Crippen molar-refractivity contribution in [1.29, 1.82) is 0 Å². The lowest BCUT2D eigenvalue weighted by molar-refractivity contribution is -0.114. The molecule has 0 fully saturated rings. The van der Waals surface area contributed by atoms with Crippen molar-refractivity contribution in [1.82, 2.24) is 4.90 Å². The van der Waals surface area contributed by atoms with Gasteiger partial charge in [0.25, 0.3) is 0 Å². The zero-order valence-electron chi connectivity index (χ0n) is 16.0. The number of likely N-dealkylation sites (N-methyl/N-ethyl adjacent to an activating group) is 1. The first-order valence-corrected chi connectivity index (χ1v) is 10.6. The normalized spacial score (nSPS) is 11.2. The van der Waals surface area contributed by atoms with Crippen LogP contribution in [-0.2, 0) is 11.2 Å². The predicted molar refractivity (Wildman–Crippen MR) is 113 cm³/mol. The SMILES string of the molecule is CCc1cc(Br)c(OCCN(CC)CC)c2sc(NC(C)=O)c(C(=O)O)c12. The standard InChI is InChI=1S/C19H25BrN2O4S/c1-5-12-10-13(20)16(26-9-8-22(6-2)7-3)17-14(12)15(19(24)25)18(27-17)21-11(4)23/h10H,5-9H2,1-4H3,(H,21,23)(H,24,25). The van der Waals surface area contributed by atoms with Gasteiger partial charge in [-0.25, -0.2) is 4.79 Å². The second kappa shape index (κ2) is 9.52. The maximum Gasteiger partial charge on any atom is 0.339 e. The van der Waals surface area contributed by atoms with Crippen LogP contribution in [0.3, 0.4) is 0 Å². The molecule has 0 saturated carbocycles. The number of ether oxygens (including phenoxy) is 1. The Labute approximate surface area is 171 Å². The van der Waals surface area contributed by atoms with Gasteiger partial charge < -0.3 is 20.1 Å². The number of nitrogens with one attached hydrogen (secondary N) is 1. The second-order valence-electron chi connectivity index (χ2n) is 6.07. The van der Waals surface area contributed by atoms with Crippen LogP contribution < -0.4 is 10.1 Å². The first-order valence-electron chi connectivity index (χ1n) is 8.97. The minimum atomic E-state index is -1.06. The zero-order valence-corrected chi connectivity index (χ0v) is 18.4. The van der Waals surface area contributed by atoms with Crippen molar-refractivity contribution in [3.8, 4) is 5.75 Å². The largest absolute Gasteiger partial charge is 0.490 e. The molecule has 0 aliphatic carbocycles. The molecule has 0 saturated heterocycles. The molecule has 0 aliphatic heterocycles. The maximum absolute atomic E-state index is 11.9. The second-order valence-corrected chi connectivity index (χ2v) is 7.95. The monoisotopic (exact) mass is 456 g/mol. The number of halogens is 1. The fourth-order valence-corrected chi connectivity index (χ4v) is 4.99. The molecule has 148 valence electrons. The van der Waals surface area contributed by atoms with E-state index in [2.05, 4.69) is 40.0 Å². The van der Waals surface area contributed by atoms with E-state index in [0.29, 0.717) is 29.2 Å². The summed E-state index contributed by atoms with van der Waals surface area (Å²) in [6.07, 6.45) is 0.672. The molecule has 1 aromatic carbocycles. The highest BCUT2D eigenvalue weighted by Gasteiger charge is 2.25. The van der Waals surface area contributed by atoms with E-state index >= 15 is 0 Å². The van der Waals surface area contributed by atoms with Gasteiger partial charge in [0.1, 0.15) is 17.2 Å². The number of nitrogens with zero attached hydrogens (tertiary/aromatic N) is 1. The van der Waals surface area contributed by atoms with Gasteiger partial charge in [0, 0.05) is 18.9 Å². The van der Waals surface area contributed by atoms with E-state index in [-0.39, 0.29) is 11.5 Å². The number of hydrogen-bond acceptors (Lipinski definition) is 5. The van der Waals surface area contributed by atoms with E-state index < -0.39 is 5.97 Å². The summed E-state index contributed by atoms with van der Waals surface area (Å²) in [5, 5.41) is 13.4. The van der Waals surface area contributed by atoms with Crippen LogP contribution in [0.1, 0.15) is 43.6 Å². The number of aromatic carboxylic acids is 1. The van der Waals surface area contributed by atoms with Crippen LogP contribution in [0.4, 0.5) is 5.00 Å². The fourth-order valence-electron chi connectivity index (χ4n) is 2.98. The van der Waals surface area contributed by atoms with Crippen LogP contribution in [0.15, 0.2) is 10.5 Å². The number of aryl methyl sites for hydroxylation is 1. The quantitative estimate of drug-likeness (QED) is 0.575. The molecule has 0 spiro atoms. The Morgan fingerprint density at radius 1 is 1.30 bits per heavy atom. The number of thiophene rings is 1. The maximum atomic E-state index is 11.9. The number of hydrogen-bond donors (Lipinski definition) is 2. The first-order chi connectivity index (χ1) is 12.8. The molecule has 6 nitrogen and oxygen atoms in total. The first kappa shape index (κ1) is 21.7. The van der Waals surface area contributed by atoms with Crippen molar-refractivity contribution < 1.29 is 19.4 Å². The average molecular weight is 457 g/mol. The molecule has 0 radical (unpaired) electrons. The summed E-state index contributed by atoms with van der Waals surface area (Å²) in [4.78, 5) is 25.7. The van der Waals surface area contributed by atoms with Crippen LogP contribution in [0.2, 0.25) is 0 Å². The number of anilines is 1. The minimum absolute atomic E-state index is 0.128. The van der Waals surface area contributed by atoms with E-state index in [1.54, 1.807) is 0 Å². The molecule has 0 atom stereocenters. The van der Waals surface area contributed by atoms with Gasteiger partial charge in [-0.3, -0.25) is 4.79 Å². The van der Waals surface area contributed by atoms with Gasteiger partial charge in [0.15, 0.2) is 5.75 Å². The summed E-state index contributed by atoms with van der Waals surface area (Å²) in [5.41, 5.74) is 1.03. The molecule has 2 aromatic rings. The molecule has 1 aromatic heterocycles. The summed E-state index contributed by atoms with van der Waals surface area (Å²) in [6, 6.07) is 1.91. The smallest absolute Gasteiger partial charge is 0.339 e. The Kier molecular flexibility index (Phi) is 7.64. The van der Waals surface area contributed by atoms with E-state index in [9.17, 15) is 14.7 Å². The minimum Gasteiger partial charge on any atom is -0.490 e. The summed E-state index contributed by atoms with van der Waals surface area (Å²) in [5.74, 6) is -0.736. The predicted octanol–water partition coefficient (Wildman–Crippen LogP) is 4.60. The highest BCUT2D eigenvalue weighted by atomic mass is 79.9. The number of fused-ring (bicyclic) bond motifs is 1. The van der Waals surface area contributed by atoms with Crippen LogP contribution >= 0.6 is 27.3 Å². The van der Waals surface area contributed by atoms with Gasteiger partial charge in [0.2, 0.25) is 5.91 Å². The number of carbonyl (C=O) groups excluding carboxylic acids is 1. The number of carboxylic acid groups (broad SMARTS) is 1. The van der Waals surface area contributed by atoms with Crippen molar-refractivity contribution in [3.05, 3.63) is 21.7 Å². The topological polar surface area (TPSA) is 78.9 Å². The van der Waals surface area contributed by atoms with Crippen molar-refractivity contribution >= 4 is 54.2 Å². The third kappa shape index (κ3) is 4.80. The van der Waals surface area contributed by atoms with Gasteiger partial charge in [0.05, 0.1) is 9.17 Å². The van der Waals surface area contributed by atoms with E-state index in [4.69, 9.17) is 4.74 Å². The Hall–Kier alpha value is -1.64. The number of benzene rings is 1. The Morgan fingerprint density at radius 2 is 1.96 bits per heavy atom. The highest BCUT2D eigenvalue weighted by Crippen LogP contribution is 2.46. The van der Waals surface area contributed by atoms with Gasteiger partial charge in [-0.15, -0.1) is 11.3 Å².